The molecular formula is C18H19N5. The molecule has 4 rings (SSSR count). The number of hydrogen-bond donors (Lipinski definition) is 1. The van der Waals surface area contributed by atoms with Gasteiger partial charge < -0.3 is 10.2 Å². The number of rotatable bonds is 3. The third-order valence-electron chi connectivity index (χ3n) is 4.43. The normalized spacial score (nSPS) is 17.5. The minimum absolute atomic E-state index is 0.493. The fourth-order valence-corrected chi connectivity index (χ4v) is 3.04. The maximum Gasteiger partial charge on any atom is 0.163 e. The highest BCUT2D eigenvalue weighted by atomic mass is 15.2. The number of likely N-dealkylation sites (N-methyl/N-ethyl adjacent to an activating group) is 1. The zero-order chi connectivity index (χ0) is 15.6. The lowest BCUT2D eigenvalue weighted by molar-refractivity contribution is 0.677. The van der Waals surface area contributed by atoms with Crippen molar-refractivity contribution in [2.75, 3.05) is 25.0 Å². The largest absolute Gasteiger partial charge is 0.355 e. The molecule has 0 radical (unpaired) electrons. The van der Waals surface area contributed by atoms with E-state index >= 15 is 0 Å². The summed E-state index contributed by atoms with van der Waals surface area (Å²) < 4.78 is 0. The van der Waals surface area contributed by atoms with Gasteiger partial charge in [-0.2, -0.15) is 0 Å². The average molecular weight is 305 g/mol. The molecule has 2 aromatic heterocycles. The molecule has 116 valence electrons. The Kier molecular flexibility index (Phi) is 3.63. The van der Waals surface area contributed by atoms with Gasteiger partial charge in [-0.1, -0.05) is 18.2 Å². The minimum Gasteiger partial charge on any atom is -0.355 e. The summed E-state index contributed by atoms with van der Waals surface area (Å²) in [7, 11) is 2.10. The molecule has 3 aromatic rings. The lowest BCUT2D eigenvalue weighted by atomic mass is 10.1. The van der Waals surface area contributed by atoms with Crippen LogP contribution in [0.15, 0.2) is 48.8 Å². The van der Waals surface area contributed by atoms with Crippen molar-refractivity contribution in [3.8, 4) is 11.4 Å². The van der Waals surface area contributed by atoms with Gasteiger partial charge in [-0.15, -0.1) is 0 Å². The number of benzene rings is 1. The van der Waals surface area contributed by atoms with Gasteiger partial charge >= 0.3 is 0 Å². The van der Waals surface area contributed by atoms with E-state index in [2.05, 4.69) is 39.4 Å². The predicted octanol–water partition coefficient (Wildman–Crippen LogP) is 2.49. The highest BCUT2D eigenvalue weighted by Crippen LogP contribution is 2.22. The zero-order valence-corrected chi connectivity index (χ0v) is 13.1. The van der Waals surface area contributed by atoms with Crippen molar-refractivity contribution in [1.29, 1.82) is 0 Å². The van der Waals surface area contributed by atoms with E-state index in [1.807, 2.05) is 36.7 Å². The van der Waals surface area contributed by atoms with E-state index in [0.29, 0.717) is 6.04 Å². The number of fused-ring (bicyclic) bond motifs is 1. The van der Waals surface area contributed by atoms with Crippen molar-refractivity contribution in [1.82, 2.24) is 20.3 Å². The predicted molar refractivity (Wildman–Crippen MR) is 92.4 cm³/mol. The fraction of sp³-hybridized carbons (Fsp3) is 0.278. The molecule has 1 aliphatic rings. The standard InChI is InChI=1S/C18H19N5/c1-23(15-6-8-19-12-15)17-7-9-20-18(22-17)14-10-13-4-2-3-5-16(13)21-11-14/h2-5,7,9-11,15,19H,6,8,12H2,1H3. The van der Waals surface area contributed by atoms with Gasteiger partial charge in [0.2, 0.25) is 0 Å². The van der Waals surface area contributed by atoms with Crippen LogP contribution in [0.3, 0.4) is 0 Å². The summed E-state index contributed by atoms with van der Waals surface area (Å²) in [5.41, 5.74) is 1.94. The Labute approximate surface area is 135 Å². The first-order chi connectivity index (χ1) is 11.3. The lowest BCUT2D eigenvalue weighted by Crippen LogP contribution is -2.33. The van der Waals surface area contributed by atoms with Crippen LogP contribution in [0.1, 0.15) is 6.42 Å². The van der Waals surface area contributed by atoms with Crippen LogP contribution in [0.5, 0.6) is 0 Å². The van der Waals surface area contributed by atoms with Crippen molar-refractivity contribution in [3.63, 3.8) is 0 Å². The Morgan fingerprint density at radius 2 is 2.09 bits per heavy atom. The quantitative estimate of drug-likeness (QED) is 0.806. The highest BCUT2D eigenvalue weighted by Gasteiger charge is 2.20. The van der Waals surface area contributed by atoms with E-state index < -0.39 is 0 Å². The van der Waals surface area contributed by atoms with Gasteiger partial charge in [-0.3, -0.25) is 4.98 Å². The molecule has 1 aliphatic heterocycles. The van der Waals surface area contributed by atoms with Crippen molar-refractivity contribution in [2.24, 2.45) is 0 Å². The van der Waals surface area contributed by atoms with Crippen molar-refractivity contribution in [3.05, 3.63) is 48.8 Å². The Bertz CT molecular complexity index is 826. The van der Waals surface area contributed by atoms with E-state index in [1.165, 1.54) is 0 Å². The van der Waals surface area contributed by atoms with Gasteiger partial charge in [0, 0.05) is 43.0 Å². The fourth-order valence-electron chi connectivity index (χ4n) is 3.04. The van der Waals surface area contributed by atoms with Crippen molar-refractivity contribution >= 4 is 16.7 Å². The van der Waals surface area contributed by atoms with E-state index in [4.69, 9.17) is 4.98 Å². The second kappa shape index (κ2) is 5.93. The first-order valence-electron chi connectivity index (χ1n) is 7.93. The smallest absolute Gasteiger partial charge is 0.163 e. The van der Waals surface area contributed by atoms with Gasteiger partial charge in [0.25, 0.3) is 0 Å². The summed E-state index contributed by atoms with van der Waals surface area (Å²) in [4.78, 5) is 15.9. The number of anilines is 1. The molecule has 3 heterocycles. The Morgan fingerprint density at radius 1 is 1.17 bits per heavy atom. The Morgan fingerprint density at radius 3 is 2.96 bits per heavy atom. The molecule has 0 bridgehead atoms. The topological polar surface area (TPSA) is 53.9 Å². The van der Waals surface area contributed by atoms with Gasteiger partial charge in [0.15, 0.2) is 5.82 Å². The second-order valence-electron chi connectivity index (χ2n) is 5.91. The van der Waals surface area contributed by atoms with E-state index in [-0.39, 0.29) is 0 Å². The summed E-state index contributed by atoms with van der Waals surface area (Å²) in [6.45, 7) is 2.08. The molecule has 1 fully saturated rings. The molecule has 0 spiro atoms. The number of hydrogen-bond acceptors (Lipinski definition) is 5. The SMILES string of the molecule is CN(c1ccnc(-c2cnc3ccccc3c2)n1)C1CCNC1. The molecule has 0 saturated carbocycles. The molecule has 5 heteroatoms. The van der Waals surface area contributed by atoms with Gasteiger partial charge in [-0.05, 0) is 31.2 Å². The zero-order valence-electron chi connectivity index (χ0n) is 13.1. The number of pyridine rings is 1. The molecule has 1 saturated heterocycles. The maximum absolute atomic E-state index is 4.74. The number of nitrogens with zero attached hydrogens (tertiary/aromatic N) is 4. The molecule has 1 unspecified atom stereocenters. The van der Waals surface area contributed by atoms with Crippen LogP contribution in [-0.2, 0) is 0 Å². The summed E-state index contributed by atoms with van der Waals surface area (Å²) in [6, 6.07) is 12.6. The van der Waals surface area contributed by atoms with Crippen molar-refractivity contribution in [2.45, 2.75) is 12.5 Å². The first kappa shape index (κ1) is 14.1. The molecule has 23 heavy (non-hydrogen) atoms. The monoisotopic (exact) mass is 305 g/mol. The van der Waals surface area contributed by atoms with Crippen LogP contribution >= 0.6 is 0 Å². The van der Waals surface area contributed by atoms with Gasteiger partial charge in [-0.25, -0.2) is 9.97 Å². The molecule has 5 nitrogen and oxygen atoms in total. The Balaban J connectivity index is 1.69. The van der Waals surface area contributed by atoms with Gasteiger partial charge in [0.05, 0.1) is 5.52 Å². The van der Waals surface area contributed by atoms with Crippen LogP contribution < -0.4 is 10.2 Å². The molecule has 0 aliphatic carbocycles. The summed E-state index contributed by atoms with van der Waals surface area (Å²) in [6.07, 6.45) is 4.82. The molecule has 1 N–H and O–H groups in total. The molecule has 1 aromatic carbocycles. The second-order valence-corrected chi connectivity index (χ2v) is 5.91. The minimum atomic E-state index is 0.493. The van der Waals surface area contributed by atoms with Crippen LogP contribution in [0.4, 0.5) is 5.82 Å². The summed E-state index contributed by atoms with van der Waals surface area (Å²) >= 11 is 0. The van der Waals surface area contributed by atoms with E-state index in [0.717, 1.165) is 47.6 Å². The molecule has 1 atom stereocenters. The summed E-state index contributed by atoms with van der Waals surface area (Å²) in [5.74, 6) is 1.68. The first-order valence-corrected chi connectivity index (χ1v) is 7.93. The average Bonchev–Trinajstić information content (AvgIpc) is 3.15. The van der Waals surface area contributed by atoms with Crippen LogP contribution in [-0.4, -0.2) is 41.1 Å². The number of aromatic nitrogens is 3. The highest BCUT2D eigenvalue weighted by molar-refractivity contribution is 5.82. The molecule has 0 amide bonds. The lowest BCUT2D eigenvalue weighted by Gasteiger charge is -2.24. The number of para-hydroxylation sites is 1. The number of nitrogens with one attached hydrogen (secondary N) is 1. The van der Waals surface area contributed by atoms with E-state index in [9.17, 15) is 0 Å². The molecular weight excluding hydrogens is 286 g/mol. The third-order valence-corrected chi connectivity index (χ3v) is 4.43. The Hall–Kier alpha value is -2.53. The third kappa shape index (κ3) is 2.75. The van der Waals surface area contributed by atoms with Crippen LogP contribution in [0.25, 0.3) is 22.3 Å². The van der Waals surface area contributed by atoms with Gasteiger partial charge in [0.1, 0.15) is 5.82 Å². The van der Waals surface area contributed by atoms with Crippen molar-refractivity contribution < 1.29 is 0 Å². The maximum atomic E-state index is 4.74. The van der Waals surface area contributed by atoms with Crippen LogP contribution in [0, 0.1) is 0 Å². The van der Waals surface area contributed by atoms with Crippen LogP contribution in [0.2, 0.25) is 0 Å². The summed E-state index contributed by atoms with van der Waals surface area (Å²) in [5, 5.41) is 4.50. The van der Waals surface area contributed by atoms with E-state index in [1.54, 1.807) is 0 Å².